The number of carbonyl (C=O) groups excluding carboxylic acids is 11. The van der Waals surface area contributed by atoms with Crippen LogP contribution in [0.15, 0.2) is 0 Å². The van der Waals surface area contributed by atoms with Crippen LogP contribution >= 0.6 is 0 Å². The molecule has 34 heteroatoms. The molecule has 6 amide bonds. The van der Waals surface area contributed by atoms with Gasteiger partial charge in [-0.15, -0.1) is 0 Å². The first kappa shape index (κ1) is 110. The van der Waals surface area contributed by atoms with Crippen molar-refractivity contribution in [2.24, 2.45) is 17.6 Å². The van der Waals surface area contributed by atoms with Gasteiger partial charge in [0.1, 0.15) is 55.9 Å². The number of Topliss-reactive ketones (excluding diaryl/α,β-unsaturated/α-hetero) is 5. The fraction of sp³-hybridized carbons (Fsp3) is 0.819. The van der Waals surface area contributed by atoms with E-state index in [-0.39, 0.29) is 264 Å². The molecule has 34 nitrogen and oxygen atoms in total. The molecular formula is C83H151N7O27. The van der Waals surface area contributed by atoms with Gasteiger partial charge in [0.2, 0.25) is 35.4 Å². The van der Waals surface area contributed by atoms with E-state index in [2.05, 4.69) is 31.9 Å². The number of ketones is 5. The summed E-state index contributed by atoms with van der Waals surface area (Å²) in [6, 6.07) is -2.33. The lowest BCUT2D eigenvalue weighted by atomic mass is 9.82. The minimum Gasteiger partial charge on any atom is -0.481 e. The van der Waals surface area contributed by atoms with Gasteiger partial charge in [-0.1, -0.05) is 116 Å². The average molecular weight is 1680 g/mol. The van der Waals surface area contributed by atoms with Gasteiger partial charge in [-0.3, -0.25) is 62.3 Å². The quantitative estimate of drug-likeness (QED) is 0.0256. The number of ether oxygens (including phenoxy) is 8. The van der Waals surface area contributed by atoms with Gasteiger partial charge in [0, 0.05) is 120 Å². The van der Waals surface area contributed by atoms with Crippen LogP contribution in [0.1, 0.15) is 282 Å². The molecule has 0 aromatic carbocycles. The number of hydrogen-bond acceptors (Lipinski definition) is 24. The zero-order valence-corrected chi connectivity index (χ0v) is 70.5. The summed E-state index contributed by atoms with van der Waals surface area (Å²) in [7, 11) is 0. The summed E-state index contributed by atoms with van der Waals surface area (Å²) in [4.78, 5) is 183. The molecule has 0 aliphatic rings. The predicted molar refractivity (Wildman–Crippen MR) is 440 cm³/mol. The molecule has 0 aromatic heterocycles. The van der Waals surface area contributed by atoms with Crippen LogP contribution in [0.3, 0.4) is 0 Å². The Morgan fingerprint density at radius 2 is 0.641 bits per heavy atom. The van der Waals surface area contributed by atoms with Crippen molar-refractivity contribution in [3.05, 3.63) is 0 Å². The van der Waals surface area contributed by atoms with Gasteiger partial charge >= 0.3 is 23.9 Å². The van der Waals surface area contributed by atoms with Crippen molar-refractivity contribution in [3.8, 4) is 0 Å². The maximum absolute atomic E-state index is 13.7. The largest absolute Gasteiger partial charge is 0.481 e. The minimum absolute atomic E-state index is 0. The van der Waals surface area contributed by atoms with E-state index in [4.69, 9.17) is 53.8 Å². The number of carboxylic acids is 4. The Hall–Kier alpha value is -7.31. The zero-order chi connectivity index (χ0) is 86.8. The molecule has 0 bridgehead atoms. The number of nitrogens with one attached hydrogen (secondary N) is 6. The fourth-order valence-electron chi connectivity index (χ4n) is 12.1. The van der Waals surface area contributed by atoms with Gasteiger partial charge in [-0.05, 0) is 97.8 Å². The molecule has 0 radical (unpaired) electrons. The highest BCUT2D eigenvalue weighted by Gasteiger charge is 2.31. The number of nitrogens with two attached hydrogens (primary N) is 1. The van der Waals surface area contributed by atoms with E-state index >= 15 is 0 Å². The second kappa shape index (κ2) is 74.9. The lowest BCUT2D eigenvalue weighted by Crippen LogP contribution is -2.43. The Balaban J connectivity index is -0.0000224. The summed E-state index contributed by atoms with van der Waals surface area (Å²) in [5.74, 6) is -8.28. The number of carboxylic acid groups (broad SMARTS) is 4. The van der Waals surface area contributed by atoms with Crippen molar-refractivity contribution >= 4 is 88.2 Å². The average Bonchev–Trinajstić information content (AvgIpc) is 0.866. The monoisotopic (exact) mass is 1680 g/mol. The normalized spacial score (nSPS) is 12.4. The predicted octanol–water partition coefficient (Wildman–Crippen LogP) is 8.07. The summed E-state index contributed by atoms with van der Waals surface area (Å²) >= 11 is 0. The van der Waals surface area contributed by atoms with Crippen molar-refractivity contribution in [1.82, 2.24) is 31.9 Å². The van der Waals surface area contributed by atoms with E-state index in [0.717, 1.165) is 103 Å². The molecule has 12 N–H and O–H groups in total. The highest BCUT2D eigenvalue weighted by atomic mass is 16.5. The molecule has 117 heavy (non-hydrogen) atoms. The summed E-state index contributed by atoms with van der Waals surface area (Å²) in [5.41, 5.74) is 4.92. The van der Waals surface area contributed by atoms with E-state index in [1.807, 2.05) is 0 Å². The molecular weight excluding hydrogens is 1530 g/mol. The zero-order valence-electron chi connectivity index (χ0n) is 70.5. The molecule has 0 aromatic rings. The van der Waals surface area contributed by atoms with Crippen LogP contribution in [-0.2, 0) is 110 Å². The van der Waals surface area contributed by atoms with E-state index in [0.29, 0.717) is 90.1 Å². The molecule has 0 saturated heterocycles. The highest BCUT2D eigenvalue weighted by molar-refractivity contribution is 5.94. The Morgan fingerprint density at radius 1 is 0.308 bits per heavy atom. The first-order valence-corrected chi connectivity index (χ1v) is 42.7. The number of amides is 6. The molecule has 0 spiro atoms. The number of aliphatic carboxylic acids is 4. The van der Waals surface area contributed by atoms with E-state index in [1.54, 1.807) is 13.8 Å². The Kier molecular flexibility index (Phi) is 70.3. The standard InChI is InChI=1S/C83H145N7O27.3H2/c1-64(91)65(30-24-26-42-85-77(100)62-117-57-53-113-49-45-88-78(101)63-116-56-50-110-46-28-32-67(92)38-39-69(81(106)107)89-74(97)34-20-16-12-8-4-6-10-14-18-22-36-79(102)103)58-71(94)66(59-72(95)83(2,3)84)31-25-27-43-86-76(99)61-115-55-51-111-47-29-33-68(93)60-114-54-52-112-48-44-87-73(96)41-40-70(82(108)109)90-75(98)35-21-17-13-9-5-7-11-15-19-23-37-80(104)105;;;/h65-66,69-70H,4-63,84H2,1-3H3,(H,85,100)(H,86,99)(H,87,96)(H,88,101)(H,89,97)(H,90,98)(H,102,103)(H,104,105)(H,106,107)(H,108,109);3*1H/t65-,66-,69+,70+;;;/m1.../s1. The third-order valence-corrected chi connectivity index (χ3v) is 19.0. The number of unbranched alkanes of at least 4 members (excludes halogenated alkanes) is 20. The molecule has 0 aliphatic carbocycles. The molecule has 680 valence electrons. The lowest BCUT2D eigenvalue weighted by Gasteiger charge is -2.23. The third-order valence-electron chi connectivity index (χ3n) is 19.0. The topological polar surface area (TPSA) is 509 Å². The van der Waals surface area contributed by atoms with Crippen LogP contribution in [0, 0.1) is 11.8 Å². The van der Waals surface area contributed by atoms with Gasteiger partial charge in [0.15, 0.2) is 11.6 Å². The summed E-state index contributed by atoms with van der Waals surface area (Å²) in [6.45, 7) is 7.05. The van der Waals surface area contributed by atoms with Crippen molar-refractivity contribution in [2.45, 2.75) is 295 Å². The highest BCUT2D eigenvalue weighted by Crippen LogP contribution is 2.25. The van der Waals surface area contributed by atoms with Crippen LogP contribution in [0.4, 0.5) is 0 Å². The lowest BCUT2D eigenvalue weighted by molar-refractivity contribution is -0.142. The van der Waals surface area contributed by atoms with Gasteiger partial charge < -0.3 is 96.0 Å². The molecule has 0 heterocycles. The minimum atomic E-state index is -1.22. The molecule has 0 fully saturated rings. The maximum atomic E-state index is 13.7. The molecule has 0 unspecified atom stereocenters. The van der Waals surface area contributed by atoms with E-state index in [9.17, 15) is 82.1 Å². The number of carbonyl (C=O) groups is 15. The summed E-state index contributed by atoms with van der Waals surface area (Å²) < 4.78 is 43.4. The van der Waals surface area contributed by atoms with Crippen LogP contribution < -0.4 is 37.6 Å². The van der Waals surface area contributed by atoms with Gasteiger partial charge in [-0.2, -0.15) is 0 Å². The second-order valence-corrected chi connectivity index (χ2v) is 30.2. The van der Waals surface area contributed by atoms with Crippen molar-refractivity contribution in [1.29, 1.82) is 0 Å². The van der Waals surface area contributed by atoms with Crippen LogP contribution in [-0.4, -0.2) is 258 Å². The molecule has 4 atom stereocenters. The summed E-state index contributed by atoms with van der Waals surface area (Å²) in [6.07, 6.45) is 23.6. The first-order valence-electron chi connectivity index (χ1n) is 42.7. The number of rotatable bonds is 87. The molecule has 0 rings (SSSR count). The number of hydrogen-bond donors (Lipinski definition) is 11. The van der Waals surface area contributed by atoms with Gasteiger partial charge in [-0.25, -0.2) is 9.59 Å². The van der Waals surface area contributed by atoms with Gasteiger partial charge in [0.25, 0.3) is 0 Å². The molecule has 0 saturated carbocycles. The Bertz CT molecular complexity index is 2810. The summed E-state index contributed by atoms with van der Waals surface area (Å²) in [5, 5.41) is 52.4. The Morgan fingerprint density at radius 3 is 1.03 bits per heavy atom. The van der Waals surface area contributed by atoms with Crippen LogP contribution in [0.5, 0.6) is 0 Å². The second-order valence-electron chi connectivity index (χ2n) is 30.2. The van der Waals surface area contributed by atoms with Crippen LogP contribution in [0.25, 0.3) is 0 Å². The molecule has 0 aliphatic heterocycles. The van der Waals surface area contributed by atoms with Crippen molar-refractivity contribution in [2.75, 3.05) is 132 Å². The van der Waals surface area contributed by atoms with Crippen molar-refractivity contribution < 1.29 is 135 Å². The van der Waals surface area contributed by atoms with Crippen LogP contribution in [0.2, 0.25) is 0 Å². The first-order chi connectivity index (χ1) is 56.1. The SMILES string of the molecule is CC(=O)[C@H](CCCCNC(=O)COCCOCCNC(=O)COCCOCCCC(=O)CC[C@H](NC(=O)CCCCCCCCCCCCC(=O)O)C(=O)O)CC(=O)[C@H](CCCCNC(=O)COCCOCCCC(=O)COCCOCCNC(=O)CC[C@H](NC(=O)CCCCCCCCCCCCC(=O)O)C(=O)O)CC(=O)C(C)(C)N.[HH].[HH].[HH]. The van der Waals surface area contributed by atoms with Gasteiger partial charge in [0.05, 0.1) is 71.6 Å². The van der Waals surface area contributed by atoms with Crippen molar-refractivity contribution in [3.63, 3.8) is 0 Å². The van der Waals surface area contributed by atoms with E-state index in [1.165, 1.54) is 6.92 Å². The van der Waals surface area contributed by atoms with E-state index < -0.39 is 53.3 Å². The smallest absolute Gasteiger partial charge is 0.326 e. The Labute approximate surface area is 696 Å². The maximum Gasteiger partial charge on any atom is 0.326 e. The fourth-order valence-corrected chi connectivity index (χ4v) is 12.1. The third kappa shape index (κ3) is 72.4.